The van der Waals surface area contributed by atoms with E-state index in [1.807, 2.05) is 0 Å². The van der Waals surface area contributed by atoms with Gasteiger partial charge < -0.3 is 25.2 Å². The highest BCUT2D eigenvalue weighted by molar-refractivity contribution is 5.93. The maximum absolute atomic E-state index is 13.0. The number of nitrogens with zero attached hydrogens (tertiary/aromatic N) is 2. The molecule has 3 N–H and O–H groups in total. The maximum atomic E-state index is 13.0. The molecule has 2 aromatic rings. The molecule has 8 nitrogen and oxygen atoms in total. The molecule has 1 aliphatic carbocycles. The van der Waals surface area contributed by atoms with Crippen LogP contribution in [0.5, 0.6) is 0 Å². The van der Waals surface area contributed by atoms with Gasteiger partial charge in [0.25, 0.3) is 5.91 Å². The molecular formula is C23H29FN4O4. The summed E-state index contributed by atoms with van der Waals surface area (Å²) in [5, 5.41) is 18.9. The summed E-state index contributed by atoms with van der Waals surface area (Å²) in [7, 11) is 0. The second-order valence-corrected chi connectivity index (χ2v) is 8.69. The summed E-state index contributed by atoms with van der Waals surface area (Å²) in [6.45, 7) is 3.08. The number of carbonyl (C=O) groups is 2. The van der Waals surface area contributed by atoms with Crippen LogP contribution < -0.4 is 10.6 Å². The number of benzene rings is 1. The van der Waals surface area contributed by atoms with Gasteiger partial charge in [-0.15, -0.1) is 0 Å². The molecule has 0 bridgehead atoms. The van der Waals surface area contributed by atoms with Gasteiger partial charge in [0.1, 0.15) is 5.82 Å². The van der Waals surface area contributed by atoms with Gasteiger partial charge in [0.15, 0.2) is 11.5 Å². The lowest BCUT2D eigenvalue weighted by Crippen LogP contribution is -2.57. The Kier molecular flexibility index (Phi) is 7.16. The Morgan fingerprint density at radius 1 is 1.16 bits per heavy atom. The lowest BCUT2D eigenvalue weighted by Gasteiger charge is -2.40. The summed E-state index contributed by atoms with van der Waals surface area (Å²) in [6.07, 6.45) is 3.94. The van der Waals surface area contributed by atoms with E-state index in [4.69, 9.17) is 4.52 Å². The molecule has 0 atom stereocenters. The van der Waals surface area contributed by atoms with Gasteiger partial charge in [0.05, 0.1) is 12.0 Å². The molecular weight excluding hydrogens is 415 g/mol. The van der Waals surface area contributed by atoms with E-state index in [1.54, 1.807) is 18.2 Å². The molecule has 2 heterocycles. The summed E-state index contributed by atoms with van der Waals surface area (Å²) in [5.41, 5.74) is 0.858. The van der Waals surface area contributed by atoms with Gasteiger partial charge in [-0.25, -0.2) is 4.39 Å². The highest BCUT2D eigenvalue weighted by atomic mass is 19.1. The fraction of sp³-hybridized carbons (Fsp3) is 0.522. The van der Waals surface area contributed by atoms with Crippen molar-refractivity contribution < 1.29 is 23.6 Å². The number of unbranched alkanes of at least 4 members (excludes halogenated alkanes) is 2. The summed E-state index contributed by atoms with van der Waals surface area (Å²) >= 11 is 0. The fourth-order valence-electron chi connectivity index (χ4n) is 4.01. The van der Waals surface area contributed by atoms with Gasteiger partial charge >= 0.3 is 0 Å². The van der Waals surface area contributed by atoms with Crippen LogP contribution in [0.3, 0.4) is 0 Å². The zero-order chi connectivity index (χ0) is 22.5. The van der Waals surface area contributed by atoms with E-state index < -0.39 is 0 Å². The van der Waals surface area contributed by atoms with Crippen molar-refractivity contribution in [2.75, 3.05) is 26.2 Å². The number of rotatable bonds is 10. The van der Waals surface area contributed by atoms with Crippen molar-refractivity contribution in [1.82, 2.24) is 20.7 Å². The topological polar surface area (TPSA) is 108 Å². The zero-order valence-electron chi connectivity index (χ0n) is 17.9. The van der Waals surface area contributed by atoms with Crippen LogP contribution in [0.1, 0.15) is 42.6 Å². The summed E-state index contributed by atoms with van der Waals surface area (Å²) in [4.78, 5) is 26.6. The number of hydrogen-bond acceptors (Lipinski definition) is 6. The standard InChI is InChI=1S/C23H29FN4O4/c24-17-6-4-15(5-7-17)21-12-20(27-32-21)23(31)25-8-2-1-3-9-28-13-16(14-28)22(30)26-18-10-19(29)11-18/h4-7,12,16,18-19,29H,1-3,8-11,13-14H2,(H,25,31)(H,26,30). The average molecular weight is 445 g/mol. The van der Waals surface area contributed by atoms with Gasteiger partial charge in [-0.1, -0.05) is 11.6 Å². The number of aliphatic hydroxyl groups excluding tert-OH is 1. The molecule has 4 rings (SSSR count). The summed E-state index contributed by atoms with van der Waals surface area (Å²) in [6, 6.07) is 7.50. The second kappa shape index (κ2) is 10.2. The Labute approximate surface area is 186 Å². The minimum absolute atomic E-state index is 0.0642. The van der Waals surface area contributed by atoms with E-state index in [0.29, 0.717) is 30.7 Å². The molecule has 172 valence electrons. The second-order valence-electron chi connectivity index (χ2n) is 8.69. The Morgan fingerprint density at radius 3 is 2.62 bits per heavy atom. The SMILES string of the molecule is O=C(NCCCCCN1CC(C(=O)NC2CC(O)C2)C1)c1cc(-c2ccc(F)cc2)on1. The Bertz CT molecular complexity index is 920. The highest BCUT2D eigenvalue weighted by Crippen LogP contribution is 2.22. The fourth-order valence-corrected chi connectivity index (χ4v) is 4.01. The molecule has 9 heteroatoms. The zero-order valence-corrected chi connectivity index (χ0v) is 17.9. The van der Waals surface area contributed by atoms with E-state index in [1.165, 1.54) is 12.1 Å². The van der Waals surface area contributed by atoms with E-state index in [2.05, 4.69) is 20.7 Å². The third kappa shape index (κ3) is 5.72. The van der Waals surface area contributed by atoms with Crippen LogP contribution >= 0.6 is 0 Å². The van der Waals surface area contributed by atoms with Gasteiger partial charge in [-0.2, -0.15) is 0 Å². The molecule has 1 saturated carbocycles. The first-order chi connectivity index (χ1) is 15.5. The van der Waals surface area contributed by atoms with Crippen LogP contribution in [0.25, 0.3) is 11.3 Å². The number of halogens is 1. The average Bonchev–Trinajstić information content (AvgIpc) is 3.21. The molecule has 1 saturated heterocycles. The predicted octanol–water partition coefficient (Wildman–Crippen LogP) is 1.95. The first kappa shape index (κ1) is 22.4. The number of nitrogens with one attached hydrogen (secondary N) is 2. The predicted molar refractivity (Wildman–Crippen MR) is 115 cm³/mol. The lowest BCUT2D eigenvalue weighted by molar-refractivity contribution is -0.132. The molecule has 0 spiro atoms. The quantitative estimate of drug-likeness (QED) is 0.484. The molecule has 0 unspecified atom stereocenters. The van der Waals surface area contributed by atoms with Crippen molar-refractivity contribution in [3.05, 3.63) is 41.8 Å². The van der Waals surface area contributed by atoms with Crippen molar-refractivity contribution in [3.63, 3.8) is 0 Å². The smallest absolute Gasteiger partial charge is 0.273 e. The Balaban J connectivity index is 1.05. The number of likely N-dealkylation sites (tertiary alicyclic amines) is 1. The molecule has 2 aliphatic rings. The Morgan fingerprint density at radius 2 is 1.91 bits per heavy atom. The maximum Gasteiger partial charge on any atom is 0.273 e. The third-order valence-corrected chi connectivity index (χ3v) is 6.10. The molecule has 0 radical (unpaired) electrons. The summed E-state index contributed by atoms with van der Waals surface area (Å²) < 4.78 is 18.2. The molecule has 1 aromatic carbocycles. The molecule has 1 aliphatic heterocycles. The largest absolute Gasteiger partial charge is 0.393 e. The molecule has 2 amide bonds. The summed E-state index contributed by atoms with van der Waals surface area (Å²) in [5.74, 6) is -0.0404. The van der Waals surface area contributed by atoms with E-state index in [9.17, 15) is 19.1 Å². The van der Waals surface area contributed by atoms with E-state index in [-0.39, 0.29) is 41.4 Å². The van der Waals surface area contributed by atoms with Crippen molar-refractivity contribution in [2.24, 2.45) is 5.92 Å². The van der Waals surface area contributed by atoms with Crippen molar-refractivity contribution in [1.29, 1.82) is 0 Å². The van der Waals surface area contributed by atoms with Crippen LogP contribution in [-0.4, -0.2) is 65.3 Å². The number of amides is 2. The highest BCUT2D eigenvalue weighted by Gasteiger charge is 2.35. The normalized spacial score (nSPS) is 20.9. The molecule has 2 fully saturated rings. The number of aromatic nitrogens is 1. The van der Waals surface area contributed by atoms with Gasteiger partial charge in [-0.3, -0.25) is 9.59 Å². The number of carbonyl (C=O) groups excluding carboxylic acids is 2. The van der Waals surface area contributed by atoms with Gasteiger partial charge in [0.2, 0.25) is 5.91 Å². The molecule has 32 heavy (non-hydrogen) atoms. The number of aliphatic hydroxyl groups is 1. The monoisotopic (exact) mass is 444 g/mol. The first-order valence-corrected chi connectivity index (χ1v) is 11.2. The van der Waals surface area contributed by atoms with E-state index >= 15 is 0 Å². The molecule has 1 aromatic heterocycles. The third-order valence-electron chi connectivity index (χ3n) is 6.10. The van der Waals surface area contributed by atoms with Crippen LogP contribution in [-0.2, 0) is 4.79 Å². The lowest BCUT2D eigenvalue weighted by atomic mass is 9.88. The van der Waals surface area contributed by atoms with Crippen LogP contribution in [0.2, 0.25) is 0 Å². The van der Waals surface area contributed by atoms with Crippen LogP contribution in [0.15, 0.2) is 34.9 Å². The van der Waals surface area contributed by atoms with Gasteiger partial charge in [0, 0.05) is 37.3 Å². The van der Waals surface area contributed by atoms with E-state index in [0.717, 1.165) is 38.9 Å². The number of hydrogen-bond donors (Lipinski definition) is 3. The van der Waals surface area contributed by atoms with Crippen molar-refractivity contribution >= 4 is 11.8 Å². The Hall–Kier alpha value is -2.78. The minimum atomic E-state index is -0.337. The van der Waals surface area contributed by atoms with Crippen LogP contribution in [0, 0.1) is 11.7 Å². The minimum Gasteiger partial charge on any atom is -0.393 e. The first-order valence-electron chi connectivity index (χ1n) is 11.2. The van der Waals surface area contributed by atoms with Crippen molar-refractivity contribution in [3.8, 4) is 11.3 Å². The van der Waals surface area contributed by atoms with Gasteiger partial charge in [-0.05, 0) is 56.5 Å². The van der Waals surface area contributed by atoms with Crippen LogP contribution in [0.4, 0.5) is 4.39 Å². The van der Waals surface area contributed by atoms with Crippen molar-refractivity contribution in [2.45, 2.75) is 44.2 Å².